The monoisotopic (exact) mass is 375 g/mol. The summed E-state index contributed by atoms with van der Waals surface area (Å²) in [6.07, 6.45) is 4.69. The van der Waals surface area contributed by atoms with E-state index in [1.807, 2.05) is 6.92 Å². The third-order valence-electron chi connectivity index (χ3n) is 5.66. The number of likely N-dealkylation sites (tertiary alicyclic amines) is 1. The van der Waals surface area contributed by atoms with Crippen molar-refractivity contribution in [3.05, 3.63) is 17.5 Å². The summed E-state index contributed by atoms with van der Waals surface area (Å²) in [5.41, 5.74) is 1.42. The molecule has 3 heterocycles. The van der Waals surface area contributed by atoms with Gasteiger partial charge >= 0.3 is 0 Å². The topological polar surface area (TPSA) is 70.6 Å². The molecule has 1 aromatic rings. The standard InChI is InChI=1S/C20H33N5O2/c1-4-18-17(14-22-20(23-18)25-9-11-27-12-10-25)19(26)21-13-16-5-7-24(8-6-16)15(2)3/h14-16H,4-13H2,1-3H3,(H,21,26). The number of ether oxygens (including phenoxy) is 1. The molecule has 2 aliphatic heterocycles. The van der Waals surface area contributed by atoms with Crippen molar-refractivity contribution in [2.24, 2.45) is 5.92 Å². The first-order valence-electron chi connectivity index (χ1n) is 10.3. The summed E-state index contributed by atoms with van der Waals surface area (Å²) < 4.78 is 5.38. The number of carbonyl (C=O) groups is 1. The Kier molecular flexibility index (Phi) is 7.01. The lowest BCUT2D eigenvalue weighted by Gasteiger charge is -2.34. The molecule has 1 N–H and O–H groups in total. The normalized spacial score (nSPS) is 19.5. The Morgan fingerprint density at radius 3 is 2.59 bits per heavy atom. The van der Waals surface area contributed by atoms with E-state index in [1.165, 1.54) is 0 Å². The number of morpholine rings is 1. The minimum absolute atomic E-state index is 0.0494. The second-order valence-electron chi connectivity index (χ2n) is 7.77. The van der Waals surface area contributed by atoms with Crippen LogP contribution in [-0.2, 0) is 11.2 Å². The quantitative estimate of drug-likeness (QED) is 0.816. The molecule has 0 radical (unpaired) electrons. The van der Waals surface area contributed by atoms with Crippen molar-refractivity contribution < 1.29 is 9.53 Å². The molecule has 0 aromatic carbocycles. The number of anilines is 1. The van der Waals surface area contributed by atoms with Crippen molar-refractivity contribution in [1.29, 1.82) is 0 Å². The molecule has 0 atom stereocenters. The van der Waals surface area contributed by atoms with E-state index < -0.39 is 0 Å². The molecule has 0 unspecified atom stereocenters. The zero-order chi connectivity index (χ0) is 19.2. The molecule has 7 heteroatoms. The van der Waals surface area contributed by atoms with Crippen LogP contribution in [0.15, 0.2) is 6.20 Å². The molecule has 2 saturated heterocycles. The molecular weight excluding hydrogens is 342 g/mol. The number of aryl methyl sites for hydroxylation is 1. The summed E-state index contributed by atoms with van der Waals surface area (Å²) in [4.78, 5) is 26.4. The van der Waals surface area contributed by atoms with Gasteiger partial charge in [-0.15, -0.1) is 0 Å². The van der Waals surface area contributed by atoms with E-state index >= 15 is 0 Å². The SMILES string of the molecule is CCc1nc(N2CCOCC2)ncc1C(=O)NCC1CCN(C(C)C)CC1. The van der Waals surface area contributed by atoms with Crippen molar-refractivity contribution in [3.63, 3.8) is 0 Å². The lowest BCUT2D eigenvalue weighted by molar-refractivity contribution is 0.0927. The Labute approximate surface area is 162 Å². The first kappa shape index (κ1) is 20.0. The number of carbonyl (C=O) groups excluding carboxylic acids is 1. The highest BCUT2D eigenvalue weighted by molar-refractivity contribution is 5.95. The van der Waals surface area contributed by atoms with E-state index in [0.29, 0.717) is 36.7 Å². The van der Waals surface area contributed by atoms with Crippen LogP contribution in [0, 0.1) is 5.92 Å². The maximum absolute atomic E-state index is 12.7. The third kappa shape index (κ3) is 5.17. The summed E-state index contributed by atoms with van der Waals surface area (Å²) in [5.74, 6) is 1.21. The third-order valence-corrected chi connectivity index (χ3v) is 5.66. The summed E-state index contributed by atoms with van der Waals surface area (Å²) in [5, 5.41) is 3.12. The van der Waals surface area contributed by atoms with Gasteiger partial charge in [-0.05, 0) is 52.1 Å². The summed E-state index contributed by atoms with van der Waals surface area (Å²) in [6, 6.07) is 0.606. The van der Waals surface area contributed by atoms with Crippen LogP contribution in [0.25, 0.3) is 0 Å². The van der Waals surface area contributed by atoms with Gasteiger partial charge < -0.3 is 19.9 Å². The number of amides is 1. The van der Waals surface area contributed by atoms with Gasteiger partial charge in [-0.1, -0.05) is 6.92 Å². The molecule has 1 aromatic heterocycles. The summed E-state index contributed by atoms with van der Waals surface area (Å²) >= 11 is 0. The van der Waals surface area contributed by atoms with Crippen LogP contribution in [-0.4, -0.2) is 72.8 Å². The van der Waals surface area contributed by atoms with Gasteiger partial charge in [-0.3, -0.25) is 4.79 Å². The fourth-order valence-corrected chi connectivity index (χ4v) is 3.79. The Bertz CT molecular complexity index is 623. The van der Waals surface area contributed by atoms with Crippen molar-refractivity contribution in [1.82, 2.24) is 20.2 Å². The van der Waals surface area contributed by atoms with E-state index in [4.69, 9.17) is 4.74 Å². The van der Waals surface area contributed by atoms with Gasteiger partial charge in [0.15, 0.2) is 0 Å². The first-order chi connectivity index (χ1) is 13.1. The Morgan fingerprint density at radius 1 is 1.26 bits per heavy atom. The summed E-state index contributed by atoms with van der Waals surface area (Å²) in [7, 11) is 0. The summed E-state index contributed by atoms with van der Waals surface area (Å²) in [6.45, 7) is 12.5. The minimum Gasteiger partial charge on any atom is -0.378 e. The number of aromatic nitrogens is 2. The van der Waals surface area contributed by atoms with E-state index in [9.17, 15) is 4.79 Å². The van der Waals surface area contributed by atoms with Crippen LogP contribution in [0.4, 0.5) is 5.95 Å². The van der Waals surface area contributed by atoms with E-state index in [-0.39, 0.29) is 5.91 Å². The molecular formula is C20H33N5O2. The Morgan fingerprint density at radius 2 is 1.96 bits per heavy atom. The highest BCUT2D eigenvalue weighted by Gasteiger charge is 2.22. The van der Waals surface area contributed by atoms with Crippen molar-refractivity contribution in [2.75, 3.05) is 50.8 Å². The molecule has 2 aliphatic rings. The van der Waals surface area contributed by atoms with Crippen LogP contribution < -0.4 is 10.2 Å². The Balaban J connectivity index is 1.56. The van der Waals surface area contributed by atoms with Gasteiger partial charge in [0.25, 0.3) is 5.91 Å². The van der Waals surface area contributed by atoms with Crippen molar-refractivity contribution in [3.8, 4) is 0 Å². The predicted octanol–water partition coefficient (Wildman–Crippen LogP) is 1.73. The average Bonchev–Trinajstić information content (AvgIpc) is 2.72. The molecule has 3 rings (SSSR count). The van der Waals surface area contributed by atoms with Gasteiger partial charge in [0.2, 0.25) is 5.95 Å². The number of piperidine rings is 1. The second kappa shape index (κ2) is 9.46. The van der Waals surface area contributed by atoms with Gasteiger partial charge in [0, 0.05) is 31.9 Å². The van der Waals surface area contributed by atoms with Gasteiger partial charge in [0.1, 0.15) is 0 Å². The minimum atomic E-state index is -0.0494. The molecule has 2 fully saturated rings. The van der Waals surface area contributed by atoms with E-state index in [0.717, 1.165) is 57.7 Å². The number of nitrogens with one attached hydrogen (secondary N) is 1. The van der Waals surface area contributed by atoms with Crippen molar-refractivity contribution in [2.45, 2.75) is 46.1 Å². The largest absolute Gasteiger partial charge is 0.378 e. The van der Waals surface area contributed by atoms with Crippen LogP contribution >= 0.6 is 0 Å². The average molecular weight is 376 g/mol. The fourth-order valence-electron chi connectivity index (χ4n) is 3.79. The number of nitrogens with zero attached hydrogens (tertiary/aromatic N) is 4. The van der Waals surface area contributed by atoms with Gasteiger partial charge in [0.05, 0.1) is 24.5 Å². The zero-order valence-corrected chi connectivity index (χ0v) is 16.9. The van der Waals surface area contributed by atoms with Crippen LogP contribution in [0.2, 0.25) is 0 Å². The first-order valence-corrected chi connectivity index (χ1v) is 10.3. The predicted molar refractivity (Wildman–Crippen MR) is 106 cm³/mol. The number of hydrogen-bond acceptors (Lipinski definition) is 6. The molecule has 0 bridgehead atoms. The molecule has 0 saturated carbocycles. The lowest BCUT2D eigenvalue weighted by atomic mass is 9.96. The molecule has 0 spiro atoms. The smallest absolute Gasteiger partial charge is 0.254 e. The van der Waals surface area contributed by atoms with E-state index in [2.05, 4.69) is 38.9 Å². The van der Waals surface area contributed by atoms with Gasteiger partial charge in [-0.2, -0.15) is 0 Å². The molecule has 0 aliphatic carbocycles. The highest BCUT2D eigenvalue weighted by atomic mass is 16.5. The van der Waals surface area contributed by atoms with Crippen LogP contribution in [0.3, 0.4) is 0 Å². The van der Waals surface area contributed by atoms with E-state index in [1.54, 1.807) is 6.20 Å². The molecule has 27 heavy (non-hydrogen) atoms. The zero-order valence-electron chi connectivity index (χ0n) is 16.9. The molecule has 150 valence electrons. The number of rotatable bonds is 6. The molecule has 7 nitrogen and oxygen atoms in total. The number of hydrogen-bond donors (Lipinski definition) is 1. The van der Waals surface area contributed by atoms with Crippen molar-refractivity contribution >= 4 is 11.9 Å². The maximum Gasteiger partial charge on any atom is 0.254 e. The Hall–Kier alpha value is -1.73. The fraction of sp³-hybridized carbons (Fsp3) is 0.750. The molecule has 1 amide bonds. The lowest BCUT2D eigenvalue weighted by Crippen LogP contribution is -2.41. The highest BCUT2D eigenvalue weighted by Crippen LogP contribution is 2.19. The van der Waals surface area contributed by atoms with Crippen LogP contribution in [0.5, 0.6) is 0 Å². The maximum atomic E-state index is 12.7. The second-order valence-corrected chi connectivity index (χ2v) is 7.77. The van der Waals surface area contributed by atoms with Gasteiger partial charge in [-0.25, -0.2) is 9.97 Å². The van der Waals surface area contributed by atoms with Crippen LogP contribution in [0.1, 0.15) is 49.7 Å².